The fourth-order valence-electron chi connectivity index (χ4n) is 2.06. The molecule has 0 spiro atoms. The monoisotopic (exact) mass is 300 g/mol. The van der Waals surface area contributed by atoms with Gasteiger partial charge in [0.05, 0.1) is 18.0 Å². The highest BCUT2D eigenvalue weighted by atomic mass is 16.3. The first-order valence-electron chi connectivity index (χ1n) is 6.84. The first-order chi connectivity index (χ1) is 10.7. The summed E-state index contributed by atoms with van der Waals surface area (Å²) in [7, 11) is 0. The summed E-state index contributed by atoms with van der Waals surface area (Å²) in [5.74, 6) is 0.266. The molecule has 0 aliphatic heterocycles. The van der Waals surface area contributed by atoms with Crippen LogP contribution in [0.2, 0.25) is 0 Å². The number of H-pyrrole nitrogens is 1. The number of nitrogens with zero attached hydrogens (tertiary/aromatic N) is 3. The second kappa shape index (κ2) is 5.96. The van der Waals surface area contributed by atoms with Gasteiger partial charge in [-0.3, -0.25) is 9.78 Å². The van der Waals surface area contributed by atoms with E-state index in [-0.39, 0.29) is 24.6 Å². The Morgan fingerprint density at radius 3 is 2.86 bits per heavy atom. The molecule has 114 valence electrons. The van der Waals surface area contributed by atoms with Crippen molar-refractivity contribution in [2.24, 2.45) is 5.73 Å². The van der Waals surface area contributed by atoms with Crippen LogP contribution in [0.15, 0.2) is 41.3 Å². The van der Waals surface area contributed by atoms with E-state index in [4.69, 9.17) is 5.73 Å². The highest BCUT2D eigenvalue weighted by molar-refractivity contribution is 5.76. The lowest BCUT2D eigenvalue weighted by molar-refractivity contribution is 0.196. The number of hydrogen-bond acceptors (Lipinski definition) is 6. The maximum Gasteiger partial charge on any atom is 0.263 e. The summed E-state index contributed by atoms with van der Waals surface area (Å²) in [6, 6.07) is 9.41. The number of nitrogens with one attached hydrogen (secondary N) is 2. The highest BCUT2D eigenvalue weighted by Gasteiger charge is 2.11. The highest BCUT2D eigenvalue weighted by Crippen LogP contribution is 2.14. The molecular formula is C14H16N6O2. The van der Waals surface area contributed by atoms with Gasteiger partial charge in [-0.2, -0.15) is 10.1 Å². The van der Waals surface area contributed by atoms with Crippen LogP contribution in [0.4, 0.5) is 5.95 Å². The van der Waals surface area contributed by atoms with Crippen LogP contribution in [0.3, 0.4) is 0 Å². The normalized spacial score (nSPS) is 12.5. The fraction of sp³-hybridized carbons (Fsp3) is 0.214. The van der Waals surface area contributed by atoms with Crippen LogP contribution in [-0.4, -0.2) is 44.0 Å². The lowest BCUT2D eigenvalue weighted by atomic mass is 10.3. The van der Waals surface area contributed by atoms with E-state index in [0.29, 0.717) is 11.0 Å². The number of rotatable bonds is 5. The number of fused-ring (bicyclic) bond motifs is 1. The van der Waals surface area contributed by atoms with Crippen molar-refractivity contribution in [3.63, 3.8) is 0 Å². The number of aromatic amines is 1. The summed E-state index contributed by atoms with van der Waals surface area (Å²) >= 11 is 0. The maximum absolute atomic E-state index is 12.1. The Balaban J connectivity index is 2.02. The Morgan fingerprint density at radius 2 is 2.14 bits per heavy atom. The zero-order chi connectivity index (χ0) is 15.5. The van der Waals surface area contributed by atoms with Gasteiger partial charge in [0.2, 0.25) is 5.95 Å². The topological polar surface area (TPSA) is 122 Å². The van der Waals surface area contributed by atoms with E-state index >= 15 is 0 Å². The third kappa shape index (κ3) is 2.69. The minimum absolute atomic E-state index is 0.126. The van der Waals surface area contributed by atoms with Gasteiger partial charge < -0.3 is 16.2 Å². The Kier molecular flexibility index (Phi) is 3.86. The van der Waals surface area contributed by atoms with Gasteiger partial charge in [0.1, 0.15) is 5.39 Å². The van der Waals surface area contributed by atoms with Crippen molar-refractivity contribution < 1.29 is 5.11 Å². The molecule has 0 fully saturated rings. The van der Waals surface area contributed by atoms with Gasteiger partial charge in [-0.15, -0.1) is 0 Å². The predicted molar refractivity (Wildman–Crippen MR) is 83.0 cm³/mol. The second-order valence-corrected chi connectivity index (χ2v) is 4.81. The lowest BCUT2D eigenvalue weighted by Gasteiger charge is -2.10. The molecule has 22 heavy (non-hydrogen) atoms. The number of aromatic nitrogens is 4. The van der Waals surface area contributed by atoms with Crippen LogP contribution < -0.4 is 16.6 Å². The Labute approximate surface area is 125 Å². The molecule has 1 aromatic carbocycles. The van der Waals surface area contributed by atoms with Crippen LogP contribution in [-0.2, 0) is 0 Å². The van der Waals surface area contributed by atoms with Gasteiger partial charge in [0.15, 0.2) is 5.65 Å². The predicted octanol–water partition coefficient (Wildman–Crippen LogP) is -0.160. The van der Waals surface area contributed by atoms with E-state index < -0.39 is 6.10 Å². The zero-order valence-electron chi connectivity index (χ0n) is 11.7. The Bertz CT molecular complexity index is 826. The molecule has 1 atom stereocenters. The van der Waals surface area contributed by atoms with Gasteiger partial charge in [-0.1, -0.05) is 18.2 Å². The molecule has 2 aromatic heterocycles. The van der Waals surface area contributed by atoms with Gasteiger partial charge in [-0.05, 0) is 12.1 Å². The SMILES string of the molecule is NCC(O)CNc1nc2c(cnn2-c2ccccc2)c(=O)[nH]1. The minimum Gasteiger partial charge on any atom is -0.390 e. The number of aliphatic hydroxyl groups excluding tert-OH is 1. The van der Waals surface area contributed by atoms with Crippen molar-refractivity contribution in [2.75, 3.05) is 18.4 Å². The standard InChI is InChI=1S/C14H16N6O2/c15-6-10(21)7-16-14-18-12-11(13(22)19-14)8-17-20(12)9-4-2-1-3-5-9/h1-5,8,10,21H,6-7,15H2,(H2,16,18,19,22). The molecule has 1 unspecified atom stereocenters. The molecule has 8 heteroatoms. The summed E-state index contributed by atoms with van der Waals surface area (Å²) in [6.07, 6.45) is 0.771. The average molecular weight is 300 g/mol. The molecule has 3 rings (SSSR count). The van der Waals surface area contributed by atoms with E-state index in [1.165, 1.54) is 6.20 Å². The van der Waals surface area contributed by atoms with Crippen LogP contribution >= 0.6 is 0 Å². The van der Waals surface area contributed by atoms with Gasteiger partial charge in [0, 0.05) is 13.1 Å². The third-order valence-corrected chi connectivity index (χ3v) is 3.22. The van der Waals surface area contributed by atoms with E-state index in [9.17, 15) is 9.90 Å². The average Bonchev–Trinajstić information content (AvgIpc) is 2.98. The number of nitrogens with two attached hydrogens (primary N) is 1. The quantitative estimate of drug-likeness (QED) is 0.519. The van der Waals surface area contributed by atoms with Crippen molar-refractivity contribution in [2.45, 2.75) is 6.10 Å². The van der Waals surface area contributed by atoms with Crippen molar-refractivity contribution >= 4 is 17.0 Å². The number of anilines is 1. The molecule has 0 saturated heterocycles. The molecule has 2 heterocycles. The molecule has 0 aliphatic carbocycles. The Hall–Kier alpha value is -2.71. The van der Waals surface area contributed by atoms with E-state index in [1.54, 1.807) is 4.68 Å². The van der Waals surface area contributed by atoms with Crippen molar-refractivity contribution in [1.82, 2.24) is 19.7 Å². The van der Waals surface area contributed by atoms with Crippen LogP contribution in [0.25, 0.3) is 16.7 Å². The van der Waals surface area contributed by atoms with Gasteiger partial charge in [0.25, 0.3) is 5.56 Å². The first-order valence-corrected chi connectivity index (χ1v) is 6.84. The lowest BCUT2D eigenvalue weighted by Crippen LogP contribution is -2.29. The van der Waals surface area contributed by atoms with Crippen LogP contribution in [0, 0.1) is 0 Å². The number of aliphatic hydroxyl groups is 1. The van der Waals surface area contributed by atoms with Gasteiger partial charge >= 0.3 is 0 Å². The van der Waals surface area contributed by atoms with Gasteiger partial charge in [-0.25, -0.2) is 4.68 Å². The number of benzene rings is 1. The summed E-state index contributed by atoms with van der Waals surface area (Å²) in [4.78, 5) is 19.1. The molecular weight excluding hydrogens is 284 g/mol. The molecule has 0 amide bonds. The molecule has 5 N–H and O–H groups in total. The molecule has 0 radical (unpaired) electrons. The molecule has 3 aromatic rings. The zero-order valence-corrected chi connectivity index (χ0v) is 11.7. The van der Waals surface area contributed by atoms with Crippen molar-refractivity contribution in [3.8, 4) is 5.69 Å². The van der Waals surface area contributed by atoms with Crippen LogP contribution in [0.1, 0.15) is 0 Å². The van der Waals surface area contributed by atoms with E-state index in [1.807, 2.05) is 30.3 Å². The number of para-hydroxylation sites is 1. The maximum atomic E-state index is 12.1. The second-order valence-electron chi connectivity index (χ2n) is 4.81. The molecule has 0 saturated carbocycles. The fourth-order valence-corrected chi connectivity index (χ4v) is 2.06. The minimum atomic E-state index is -0.708. The summed E-state index contributed by atoms with van der Waals surface area (Å²) in [6.45, 7) is 0.325. The van der Waals surface area contributed by atoms with Crippen molar-refractivity contribution in [1.29, 1.82) is 0 Å². The number of hydrogen-bond donors (Lipinski definition) is 4. The summed E-state index contributed by atoms with van der Waals surface area (Å²) in [5, 5.41) is 16.9. The molecule has 0 bridgehead atoms. The van der Waals surface area contributed by atoms with Crippen LogP contribution in [0.5, 0.6) is 0 Å². The summed E-state index contributed by atoms with van der Waals surface area (Å²) in [5.41, 5.74) is 6.30. The molecule has 0 aliphatic rings. The largest absolute Gasteiger partial charge is 0.390 e. The smallest absolute Gasteiger partial charge is 0.263 e. The van der Waals surface area contributed by atoms with Crippen molar-refractivity contribution in [3.05, 3.63) is 46.9 Å². The molecule has 8 nitrogen and oxygen atoms in total. The van der Waals surface area contributed by atoms with E-state index in [2.05, 4.69) is 20.4 Å². The first kappa shape index (κ1) is 14.2. The van der Waals surface area contributed by atoms with E-state index in [0.717, 1.165) is 5.69 Å². The third-order valence-electron chi connectivity index (χ3n) is 3.22. The summed E-state index contributed by atoms with van der Waals surface area (Å²) < 4.78 is 1.59. The Morgan fingerprint density at radius 1 is 1.36 bits per heavy atom.